The number of hydrogen-bond acceptors (Lipinski definition) is 2. The van der Waals surface area contributed by atoms with Gasteiger partial charge in [-0.15, -0.1) is 0 Å². The highest BCUT2D eigenvalue weighted by atomic mass is 15.0. The van der Waals surface area contributed by atoms with Gasteiger partial charge in [0.05, 0.1) is 33.5 Å². The van der Waals surface area contributed by atoms with Crippen LogP contribution >= 0.6 is 0 Å². The van der Waals surface area contributed by atoms with Gasteiger partial charge < -0.3 is 9.13 Å². The molecule has 0 bridgehead atoms. The molecular formula is C56H36N4. The van der Waals surface area contributed by atoms with E-state index in [2.05, 4.69) is 203 Å². The van der Waals surface area contributed by atoms with Crippen LogP contribution in [-0.2, 0) is 0 Å². The highest BCUT2D eigenvalue weighted by Gasteiger charge is 2.19. The third-order valence-electron chi connectivity index (χ3n) is 11.9. The van der Waals surface area contributed by atoms with Crippen molar-refractivity contribution in [2.75, 3.05) is 0 Å². The quantitative estimate of drug-likeness (QED) is 0.169. The highest BCUT2D eigenvalue weighted by molar-refractivity contribution is 6.11. The molecule has 3 heterocycles. The van der Waals surface area contributed by atoms with E-state index in [0.717, 1.165) is 61.4 Å². The van der Waals surface area contributed by atoms with Crippen molar-refractivity contribution in [1.82, 2.24) is 19.1 Å². The molecule has 0 radical (unpaired) electrons. The summed E-state index contributed by atoms with van der Waals surface area (Å²) in [6.45, 7) is 0. The van der Waals surface area contributed by atoms with Gasteiger partial charge in [-0.3, -0.25) is 0 Å². The van der Waals surface area contributed by atoms with E-state index in [0.29, 0.717) is 5.82 Å². The molecule has 60 heavy (non-hydrogen) atoms. The summed E-state index contributed by atoms with van der Waals surface area (Å²) in [6, 6.07) is 78.1. The fraction of sp³-hybridized carbons (Fsp3) is 0. The maximum atomic E-state index is 5.25. The van der Waals surface area contributed by atoms with Gasteiger partial charge in [-0.1, -0.05) is 170 Å². The largest absolute Gasteiger partial charge is 0.309 e. The zero-order valence-corrected chi connectivity index (χ0v) is 32.6. The van der Waals surface area contributed by atoms with E-state index in [1.807, 2.05) is 24.3 Å². The van der Waals surface area contributed by atoms with Crippen LogP contribution in [0.3, 0.4) is 0 Å². The third kappa shape index (κ3) is 5.46. The topological polar surface area (TPSA) is 35.6 Å². The Kier molecular flexibility index (Phi) is 7.82. The Morgan fingerprint density at radius 3 is 1.15 bits per heavy atom. The van der Waals surface area contributed by atoms with Gasteiger partial charge in [0.25, 0.3) is 0 Å². The average Bonchev–Trinajstić information content (AvgIpc) is 3.85. The van der Waals surface area contributed by atoms with Crippen LogP contribution < -0.4 is 0 Å². The van der Waals surface area contributed by atoms with Crippen LogP contribution in [0.4, 0.5) is 0 Å². The zero-order chi connectivity index (χ0) is 39.6. The van der Waals surface area contributed by atoms with Gasteiger partial charge in [-0.05, 0) is 70.4 Å². The van der Waals surface area contributed by atoms with Crippen molar-refractivity contribution in [2.45, 2.75) is 0 Å². The maximum Gasteiger partial charge on any atom is 0.160 e. The lowest BCUT2D eigenvalue weighted by molar-refractivity contribution is 1.13. The molecule has 4 heteroatoms. The zero-order valence-electron chi connectivity index (χ0n) is 32.6. The second kappa shape index (κ2) is 13.8. The van der Waals surface area contributed by atoms with Crippen LogP contribution in [0, 0.1) is 0 Å². The lowest BCUT2D eigenvalue weighted by atomic mass is 9.92. The molecule has 0 saturated carbocycles. The van der Waals surface area contributed by atoms with Crippen molar-refractivity contribution in [1.29, 1.82) is 0 Å². The van der Waals surface area contributed by atoms with Gasteiger partial charge in [-0.25, -0.2) is 9.97 Å². The Bertz CT molecular complexity index is 3300. The van der Waals surface area contributed by atoms with Crippen molar-refractivity contribution in [3.05, 3.63) is 218 Å². The summed E-state index contributed by atoms with van der Waals surface area (Å²) in [5.41, 5.74) is 14.1. The fourth-order valence-electron chi connectivity index (χ4n) is 9.24. The monoisotopic (exact) mass is 764 g/mol. The van der Waals surface area contributed by atoms with E-state index in [-0.39, 0.29) is 0 Å². The van der Waals surface area contributed by atoms with Gasteiger partial charge in [0, 0.05) is 49.6 Å². The van der Waals surface area contributed by atoms with Crippen molar-refractivity contribution >= 4 is 54.4 Å². The minimum atomic E-state index is 0.704. The van der Waals surface area contributed by atoms with Crippen LogP contribution in [0.15, 0.2) is 218 Å². The molecule has 0 aliphatic rings. The Morgan fingerprint density at radius 2 is 0.650 bits per heavy atom. The number of para-hydroxylation sites is 4. The molecule has 0 fully saturated rings. The first kappa shape index (κ1) is 34.0. The molecule has 0 aliphatic heterocycles. The smallest absolute Gasteiger partial charge is 0.160 e. The molecule has 9 aromatic carbocycles. The predicted octanol–water partition coefficient (Wildman–Crippen LogP) is 14.5. The first-order valence-electron chi connectivity index (χ1n) is 20.4. The van der Waals surface area contributed by atoms with Crippen LogP contribution in [0.5, 0.6) is 0 Å². The molecule has 12 aromatic rings. The second-order valence-corrected chi connectivity index (χ2v) is 15.4. The van der Waals surface area contributed by atoms with Crippen molar-refractivity contribution in [2.24, 2.45) is 0 Å². The first-order valence-corrected chi connectivity index (χ1v) is 20.4. The van der Waals surface area contributed by atoms with Crippen LogP contribution in [-0.4, -0.2) is 19.1 Å². The molecule has 0 N–H and O–H groups in total. The lowest BCUT2D eigenvalue weighted by Crippen LogP contribution is -2.00. The number of nitrogens with zero attached hydrogens (tertiary/aromatic N) is 4. The number of hydrogen-bond donors (Lipinski definition) is 0. The summed E-state index contributed by atoms with van der Waals surface area (Å²) in [4.78, 5) is 10.3. The van der Waals surface area contributed by atoms with Crippen LogP contribution in [0.2, 0.25) is 0 Å². The van der Waals surface area contributed by atoms with Crippen LogP contribution in [0.1, 0.15) is 0 Å². The number of rotatable bonds is 6. The van der Waals surface area contributed by atoms with E-state index in [1.165, 1.54) is 43.6 Å². The molecule has 3 aromatic heterocycles. The Balaban J connectivity index is 1.13. The minimum Gasteiger partial charge on any atom is -0.309 e. The highest BCUT2D eigenvalue weighted by Crippen LogP contribution is 2.41. The number of benzene rings is 9. The predicted molar refractivity (Wildman–Crippen MR) is 250 cm³/mol. The molecule has 0 spiro atoms. The molecule has 0 saturated heterocycles. The first-order chi connectivity index (χ1) is 29.8. The standard InChI is InChI=1S/C56H36N4/c1-3-17-37(18-4-1)50-36-51(58-56(57-50)38-19-5-2-6-20-38)45-32-31-42(43-21-7-8-22-44(43)45)39-33-40(59-52-27-13-9-23-46(52)47-24-10-14-28-53(47)59)35-41(34-39)60-54-29-15-11-25-48(54)49-26-12-16-30-55(49)60/h1-36H. The normalized spacial score (nSPS) is 11.7. The Morgan fingerprint density at radius 1 is 0.267 bits per heavy atom. The summed E-state index contributed by atoms with van der Waals surface area (Å²) in [5, 5.41) is 7.24. The van der Waals surface area contributed by atoms with E-state index in [9.17, 15) is 0 Å². The van der Waals surface area contributed by atoms with Gasteiger partial charge in [0.2, 0.25) is 0 Å². The lowest BCUT2D eigenvalue weighted by Gasteiger charge is -2.18. The van der Waals surface area contributed by atoms with E-state index in [4.69, 9.17) is 9.97 Å². The Labute approximate surface area is 346 Å². The molecule has 0 amide bonds. The minimum absolute atomic E-state index is 0.704. The molecule has 4 nitrogen and oxygen atoms in total. The van der Waals surface area contributed by atoms with E-state index in [1.54, 1.807) is 0 Å². The SMILES string of the molecule is c1ccc(-c2cc(-c3ccc(-c4cc(-n5c6ccccc6c6ccccc65)cc(-n5c6ccccc6c6ccccc65)c4)c4ccccc34)nc(-c3ccccc3)n2)cc1. The summed E-state index contributed by atoms with van der Waals surface area (Å²) in [7, 11) is 0. The van der Waals surface area contributed by atoms with Crippen molar-refractivity contribution in [3.63, 3.8) is 0 Å². The fourth-order valence-corrected chi connectivity index (χ4v) is 9.24. The summed E-state index contributed by atoms with van der Waals surface area (Å²) in [6.07, 6.45) is 0. The van der Waals surface area contributed by atoms with Crippen molar-refractivity contribution in [3.8, 4) is 56.4 Å². The van der Waals surface area contributed by atoms with Gasteiger partial charge in [0.15, 0.2) is 5.82 Å². The molecule has 280 valence electrons. The summed E-state index contributed by atoms with van der Waals surface area (Å²) >= 11 is 0. The molecule has 12 rings (SSSR count). The third-order valence-corrected chi connectivity index (χ3v) is 11.9. The van der Waals surface area contributed by atoms with E-state index >= 15 is 0 Å². The number of fused-ring (bicyclic) bond motifs is 7. The van der Waals surface area contributed by atoms with Crippen molar-refractivity contribution < 1.29 is 0 Å². The molecule has 0 aliphatic carbocycles. The maximum absolute atomic E-state index is 5.25. The summed E-state index contributed by atoms with van der Waals surface area (Å²) in [5.74, 6) is 0.704. The second-order valence-electron chi connectivity index (χ2n) is 15.4. The van der Waals surface area contributed by atoms with Crippen LogP contribution in [0.25, 0.3) is 111 Å². The number of aromatic nitrogens is 4. The molecule has 0 atom stereocenters. The molecule has 0 unspecified atom stereocenters. The van der Waals surface area contributed by atoms with E-state index < -0.39 is 0 Å². The van der Waals surface area contributed by atoms with Gasteiger partial charge >= 0.3 is 0 Å². The van der Waals surface area contributed by atoms with Gasteiger partial charge in [-0.2, -0.15) is 0 Å². The summed E-state index contributed by atoms with van der Waals surface area (Å²) < 4.78 is 4.86. The molecular weight excluding hydrogens is 729 g/mol. The van der Waals surface area contributed by atoms with Gasteiger partial charge in [0.1, 0.15) is 0 Å². The Hall–Kier alpha value is -8.08. The average molecular weight is 765 g/mol.